The molecule has 1 fully saturated rings. The van der Waals surface area contributed by atoms with Crippen LogP contribution < -0.4 is 10.7 Å². The van der Waals surface area contributed by atoms with Crippen LogP contribution in [0, 0.1) is 0 Å². The summed E-state index contributed by atoms with van der Waals surface area (Å²) in [6.45, 7) is 0. The molecule has 0 aromatic rings. The number of hydrogen-bond acceptors (Lipinski definition) is 4. The molecule has 0 saturated heterocycles. The maximum absolute atomic E-state index is 11.5. The molecule has 0 aliphatic heterocycles. The van der Waals surface area contributed by atoms with Crippen molar-refractivity contribution in [1.82, 2.24) is 10.7 Å². The van der Waals surface area contributed by atoms with Gasteiger partial charge in [0, 0.05) is 12.5 Å². The smallest absolute Gasteiger partial charge is 0.352 e. The van der Waals surface area contributed by atoms with Crippen LogP contribution in [0.15, 0.2) is 5.10 Å². The van der Waals surface area contributed by atoms with E-state index in [1.165, 1.54) is 0 Å². The number of aliphatic carboxylic acids is 2. The molecule has 1 aliphatic carbocycles. The van der Waals surface area contributed by atoms with Crippen molar-refractivity contribution in [2.45, 2.75) is 51.0 Å². The first-order valence-corrected chi connectivity index (χ1v) is 6.57. The number of hydrogen-bond donors (Lipinski definition) is 4. The van der Waals surface area contributed by atoms with Crippen molar-refractivity contribution in [2.75, 3.05) is 0 Å². The fourth-order valence-electron chi connectivity index (χ4n) is 2.02. The fourth-order valence-corrected chi connectivity index (χ4v) is 2.02. The largest absolute Gasteiger partial charge is 0.481 e. The molecule has 1 rings (SSSR count). The van der Waals surface area contributed by atoms with E-state index in [1.54, 1.807) is 0 Å². The summed E-state index contributed by atoms with van der Waals surface area (Å²) in [5.41, 5.74) is 1.72. The Morgan fingerprint density at radius 1 is 1.05 bits per heavy atom. The van der Waals surface area contributed by atoms with E-state index >= 15 is 0 Å². The van der Waals surface area contributed by atoms with Crippen molar-refractivity contribution < 1.29 is 24.6 Å². The molecule has 0 unspecified atom stereocenters. The maximum Gasteiger partial charge on any atom is 0.352 e. The standard InChI is InChI=1S/C12H19N3O5/c16-10(17)7-6-9(11(18)19)14-15-12(20)13-8-4-2-1-3-5-8/h8H,1-7H2,(H,16,17)(H,18,19)(H2,13,15,20)/b14-9+. The number of hydrazone groups is 1. The Morgan fingerprint density at radius 2 is 1.70 bits per heavy atom. The SMILES string of the molecule is O=C(O)CC/C(=N\NC(=O)NC1CCCCC1)C(=O)O. The molecule has 0 aromatic heterocycles. The monoisotopic (exact) mass is 285 g/mol. The molecule has 1 saturated carbocycles. The molecular formula is C12H19N3O5. The van der Waals surface area contributed by atoms with E-state index < -0.39 is 18.0 Å². The van der Waals surface area contributed by atoms with Crippen molar-refractivity contribution in [3.63, 3.8) is 0 Å². The normalized spacial score (nSPS) is 16.5. The Bertz CT molecular complexity index is 402. The number of amides is 2. The molecular weight excluding hydrogens is 266 g/mol. The first kappa shape index (κ1) is 15.9. The molecule has 0 radical (unpaired) electrons. The summed E-state index contributed by atoms with van der Waals surface area (Å²) in [6, 6.07) is -0.475. The van der Waals surface area contributed by atoms with E-state index in [9.17, 15) is 14.4 Å². The lowest BCUT2D eigenvalue weighted by Gasteiger charge is -2.22. The molecule has 8 heteroatoms. The number of rotatable bonds is 6. The first-order chi connectivity index (χ1) is 9.49. The van der Waals surface area contributed by atoms with Gasteiger partial charge < -0.3 is 15.5 Å². The molecule has 20 heavy (non-hydrogen) atoms. The van der Waals surface area contributed by atoms with Crippen LogP contribution in [0.3, 0.4) is 0 Å². The van der Waals surface area contributed by atoms with E-state index in [1.807, 2.05) is 0 Å². The van der Waals surface area contributed by atoms with Crippen LogP contribution in [0.25, 0.3) is 0 Å². The third-order valence-electron chi connectivity index (χ3n) is 3.06. The van der Waals surface area contributed by atoms with Gasteiger partial charge in [0.05, 0.1) is 6.42 Å². The second kappa shape index (κ2) is 8.13. The zero-order valence-electron chi connectivity index (χ0n) is 11.1. The van der Waals surface area contributed by atoms with Crippen LogP contribution in [0.4, 0.5) is 4.79 Å². The molecule has 112 valence electrons. The van der Waals surface area contributed by atoms with Gasteiger partial charge in [-0.25, -0.2) is 15.0 Å². The minimum Gasteiger partial charge on any atom is -0.481 e. The lowest BCUT2D eigenvalue weighted by molar-refractivity contribution is -0.136. The highest BCUT2D eigenvalue weighted by molar-refractivity contribution is 6.35. The number of carbonyl (C=O) groups is 3. The van der Waals surface area contributed by atoms with Gasteiger partial charge in [-0.3, -0.25) is 4.79 Å². The molecule has 0 bridgehead atoms. The Hall–Kier alpha value is -2.12. The molecule has 1 aliphatic rings. The maximum atomic E-state index is 11.5. The predicted octanol–water partition coefficient (Wildman–Crippen LogP) is 0.924. The molecule has 0 atom stereocenters. The summed E-state index contributed by atoms with van der Waals surface area (Å²) >= 11 is 0. The number of carboxylic acid groups (broad SMARTS) is 2. The zero-order valence-corrected chi connectivity index (χ0v) is 11.1. The fraction of sp³-hybridized carbons (Fsp3) is 0.667. The topological polar surface area (TPSA) is 128 Å². The Kier molecular flexibility index (Phi) is 6.48. The van der Waals surface area contributed by atoms with E-state index in [0.29, 0.717) is 0 Å². The lowest BCUT2D eigenvalue weighted by Crippen LogP contribution is -2.41. The number of nitrogens with one attached hydrogen (secondary N) is 2. The van der Waals surface area contributed by atoms with Crippen LogP contribution >= 0.6 is 0 Å². The summed E-state index contributed by atoms with van der Waals surface area (Å²) in [6.07, 6.45) is 4.51. The van der Waals surface area contributed by atoms with Crippen LogP contribution in [-0.2, 0) is 9.59 Å². The molecule has 8 nitrogen and oxygen atoms in total. The second-order valence-corrected chi connectivity index (χ2v) is 4.68. The van der Waals surface area contributed by atoms with Crippen molar-refractivity contribution in [2.24, 2.45) is 5.10 Å². The van der Waals surface area contributed by atoms with E-state index in [4.69, 9.17) is 10.2 Å². The summed E-state index contributed by atoms with van der Waals surface area (Å²) in [5, 5.41) is 23.5. The first-order valence-electron chi connectivity index (χ1n) is 6.57. The van der Waals surface area contributed by atoms with Crippen LogP contribution in [0.1, 0.15) is 44.9 Å². The van der Waals surface area contributed by atoms with Crippen molar-refractivity contribution >= 4 is 23.7 Å². The summed E-state index contributed by atoms with van der Waals surface area (Å²) in [5.74, 6) is -2.46. The van der Waals surface area contributed by atoms with E-state index in [2.05, 4.69) is 15.8 Å². The summed E-state index contributed by atoms with van der Waals surface area (Å²) in [4.78, 5) is 32.7. The van der Waals surface area contributed by atoms with Gasteiger partial charge in [0.1, 0.15) is 5.71 Å². The number of urea groups is 1. The number of nitrogens with zero attached hydrogens (tertiary/aromatic N) is 1. The third kappa shape index (κ3) is 6.17. The minimum atomic E-state index is -1.34. The highest BCUT2D eigenvalue weighted by Crippen LogP contribution is 2.17. The number of carbonyl (C=O) groups excluding carboxylic acids is 1. The predicted molar refractivity (Wildman–Crippen MR) is 70.5 cm³/mol. The van der Waals surface area contributed by atoms with Crippen LogP contribution in [-0.4, -0.2) is 39.9 Å². The average molecular weight is 285 g/mol. The highest BCUT2D eigenvalue weighted by Gasteiger charge is 2.16. The Morgan fingerprint density at radius 3 is 2.25 bits per heavy atom. The molecule has 4 N–H and O–H groups in total. The van der Waals surface area contributed by atoms with Gasteiger partial charge in [0.15, 0.2) is 0 Å². The van der Waals surface area contributed by atoms with E-state index in [-0.39, 0.29) is 24.6 Å². The summed E-state index contributed by atoms with van der Waals surface area (Å²) in [7, 11) is 0. The summed E-state index contributed by atoms with van der Waals surface area (Å²) < 4.78 is 0. The van der Waals surface area contributed by atoms with Crippen LogP contribution in [0.5, 0.6) is 0 Å². The van der Waals surface area contributed by atoms with Crippen LogP contribution in [0.2, 0.25) is 0 Å². The van der Waals surface area contributed by atoms with Gasteiger partial charge in [-0.15, -0.1) is 0 Å². The molecule has 2 amide bonds. The van der Waals surface area contributed by atoms with Gasteiger partial charge in [-0.2, -0.15) is 5.10 Å². The molecule has 0 spiro atoms. The van der Waals surface area contributed by atoms with Gasteiger partial charge >= 0.3 is 18.0 Å². The molecule has 0 aromatic carbocycles. The number of carboxylic acids is 2. The highest BCUT2D eigenvalue weighted by atomic mass is 16.4. The minimum absolute atomic E-state index is 0.0891. The Balaban J connectivity index is 2.42. The quantitative estimate of drug-likeness (QED) is 0.426. The van der Waals surface area contributed by atoms with Gasteiger partial charge in [0.25, 0.3) is 0 Å². The Labute approximate surface area is 116 Å². The van der Waals surface area contributed by atoms with Crippen molar-refractivity contribution in [3.8, 4) is 0 Å². The van der Waals surface area contributed by atoms with E-state index in [0.717, 1.165) is 32.1 Å². The van der Waals surface area contributed by atoms with Gasteiger partial charge in [-0.1, -0.05) is 19.3 Å². The van der Waals surface area contributed by atoms with Gasteiger partial charge in [-0.05, 0) is 12.8 Å². The third-order valence-corrected chi connectivity index (χ3v) is 3.06. The molecule has 0 heterocycles. The van der Waals surface area contributed by atoms with Crippen molar-refractivity contribution in [1.29, 1.82) is 0 Å². The van der Waals surface area contributed by atoms with Crippen molar-refractivity contribution in [3.05, 3.63) is 0 Å². The zero-order chi connectivity index (χ0) is 15.0. The van der Waals surface area contributed by atoms with Gasteiger partial charge in [0.2, 0.25) is 0 Å². The average Bonchev–Trinajstić information content (AvgIpc) is 2.39. The second-order valence-electron chi connectivity index (χ2n) is 4.68. The lowest BCUT2D eigenvalue weighted by atomic mass is 9.96.